The number of amides is 1. The SMILES string of the molecule is COc1cc2c(cc1OC)CN(C(=O)c1cnc3ccccn3c1=O)CC2. The predicted molar refractivity (Wildman–Crippen MR) is 99.5 cm³/mol. The predicted octanol–water partition coefficient (Wildman–Crippen LogP) is 1.91. The highest BCUT2D eigenvalue weighted by Gasteiger charge is 2.25. The normalized spacial score (nSPS) is 13.3. The Bertz CT molecular complexity index is 1090. The Morgan fingerprint density at radius 2 is 1.85 bits per heavy atom. The third-order valence-corrected chi connectivity index (χ3v) is 4.85. The summed E-state index contributed by atoms with van der Waals surface area (Å²) in [5.41, 5.74) is 2.33. The monoisotopic (exact) mass is 365 g/mol. The van der Waals surface area contributed by atoms with E-state index in [1.807, 2.05) is 12.1 Å². The number of carbonyl (C=O) groups is 1. The van der Waals surface area contributed by atoms with Gasteiger partial charge in [0.25, 0.3) is 11.5 Å². The van der Waals surface area contributed by atoms with Crippen molar-refractivity contribution in [1.82, 2.24) is 14.3 Å². The quantitative estimate of drug-likeness (QED) is 0.709. The van der Waals surface area contributed by atoms with E-state index in [2.05, 4.69) is 4.98 Å². The molecular weight excluding hydrogens is 346 g/mol. The van der Waals surface area contributed by atoms with Gasteiger partial charge in [0.1, 0.15) is 11.2 Å². The molecule has 27 heavy (non-hydrogen) atoms. The minimum Gasteiger partial charge on any atom is -0.493 e. The lowest BCUT2D eigenvalue weighted by atomic mass is 9.98. The molecule has 0 unspecified atom stereocenters. The van der Waals surface area contributed by atoms with E-state index < -0.39 is 0 Å². The molecule has 0 aliphatic carbocycles. The summed E-state index contributed by atoms with van der Waals surface area (Å²) < 4.78 is 12.1. The Morgan fingerprint density at radius 1 is 1.11 bits per heavy atom. The Kier molecular flexibility index (Phi) is 4.27. The molecule has 0 saturated carbocycles. The van der Waals surface area contributed by atoms with Crippen LogP contribution in [-0.2, 0) is 13.0 Å². The van der Waals surface area contributed by atoms with Gasteiger partial charge in [0, 0.05) is 25.5 Å². The highest BCUT2D eigenvalue weighted by atomic mass is 16.5. The Hall–Kier alpha value is -3.35. The number of ether oxygens (including phenoxy) is 2. The molecule has 1 aliphatic rings. The van der Waals surface area contributed by atoms with Crippen LogP contribution in [0.4, 0.5) is 0 Å². The third kappa shape index (κ3) is 2.91. The number of carbonyl (C=O) groups excluding carboxylic acids is 1. The van der Waals surface area contributed by atoms with Crippen LogP contribution in [0.2, 0.25) is 0 Å². The lowest BCUT2D eigenvalue weighted by molar-refractivity contribution is 0.0732. The molecule has 1 aromatic carbocycles. The molecule has 0 N–H and O–H groups in total. The Morgan fingerprint density at radius 3 is 2.59 bits per heavy atom. The fourth-order valence-corrected chi connectivity index (χ4v) is 3.40. The van der Waals surface area contributed by atoms with E-state index in [-0.39, 0.29) is 17.0 Å². The van der Waals surface area contributed by atoms with Gasteiger partial charge in [-0.2, -0.15) is 0 Å². The molecule has 3 aromatic rings. The van der Waals surface area contributed by atoms with Crippen LogP contribution in [0.25, 0.3) is 5.65 Å². The fourth-order valence-electron chi connectivity index (χ4n) is 3.40. The first-order chi connectivity index (χ1) is 13.1. The molecule has 7 heteroatoms. The molecule has 1 aliphatic heterocycles. The van der Waals surface area contributed by atoms with Crippen molar-refractivity contribution in [3.63, 3.8) is 0 Å². The molecule has 3 heterocycles. The maximum atomic E-state index is 13.0. The second kappa shape index (κ2) is 6.75. The van der Waals surface area contributed by atoms with Crippen molar-refractivity contribution in [1.29, 1.82) is 0 Å². The number of hydrogen-bond acceptors (Lipinski definition) is 5. The van der Waals surface area contributed by atoms with Gasteiger partial charge in [0.2, 0.25) is 0 Å². The first-order valence-corrected chi connectivity index (χ1v) is 8.62. The second-order valence-corrected chi connectivity index (χ2v) is 6.36. The number of methoxy groups -OCH3 is 2. The second-order valence-electron chi connectivity index (χ2n) is 6.36. The van der Waals surface area contributed by atoms with Crippen molar-refractivity contribution in [2.24, 2.45) is 0 Å². The zero-order chi connectivity index (χ0) is 19.0. The molecule has 4 rings (SSSR count). The summed E-state index contributed by atoms with van der Waals surface area (Å²) >= 11 is 0. The van der Waals surface area contributed by atoms with Crippen molar-refractivity contribution in [3.8, 4) is 11.5 Å². The van der Waals surface area contributed by atoms with Crippen LogP contribution in [-0.4, -0.2) is 41.0 Å². The van der Waals surface area contributed by atoms with Crippen LogP contribution in [0.5, 0.6) is 11.5 Å². The molecular formula is C20H19N3O4. The minimum absolute atomic E-state index is 0.0719. The average Bonchev–Trinajstić information content (AvgIpc) is 2.72. The van der Waals surface area contributed by atoms with Gasteiger partial charge >= 0.3 is 0 Å². The molecule has 138 valence electrons. The topological polar surface area (TPSA) is 73.1 Å². The van der Waals surface area contributed by atoms with Gasteiger partial charge < -0.3 is 14.4 Å². The zero-order valence-electron chi connectivity index (χ0n) is 15.1. The number of rotatable bonds is 3. The lowest BCUT2D eigenvalue weighted by Crippen LogP contribution is -2.39. The zero-order valence-corrected chi connectivity index (χ0v) is 15.1. The lowest BCUT2D eigenvalue weighted by Gasteiger charge is -2.29. The van der Waals surface area contributed by atoms with Crippen LogP contribution in [0.15, 0.2) is 47.5 Å². The molecule has 1 amide bonds. The highest BCUT2D eigenvalue weighted by Crippen LogP contribution is 2.33. The van der Waals surface area contributed by atoms with Crippen LogP contribution >= 0.6 is 0 Å². The maximum absolute atomic E-state index is 13.0. The standard InChI is InChI=1S/C20H19N3O4/c1-26-16-9-13-6-8-22(12-14(13)10-17(16)27-2)19(24)15-11-21-18-5-3-4-7-23(18)20(15)25/h3-5,7,9-11H,6,8,12H2,1-2H3. The van der Waals surface area contributed by atoms with Gasteiger partial charge in [0.15, 0.2) is 11.5 Å². The molecule has 2 aromatic heterocycles. The van der Waals surface area contributed by atoms with Crippen molar-refractivity contribution in [3.05, 3.63) is 69.8 Å². The summed E-state index contributed by atoms with van der Waals surface area (Å²) in [6.45, 7) is 0.934. The highest BCUT2D eigenvalue weighted by molar-refractivity contribution is 5.94. The van der Waals surface area contributed by atoms with Gasteiger partial charge in [-0.05, 0) is 41.8 Å². The van der Waals surface area contributed by atoms with Gasteiger partial charge in [0.05, 0.1) is 14.2 Å². The molecule has 0 spiro atoms. The number of hydrogen-bond donors (Lipinski definition) is 0. The third-order valence-electron chi connectivity index (χ3n) is 4.85. The number of benzene rings is 1. The largest absolute Gasteiger partial charge is 0.493 e. The van der Waals surface area contributed by atoms with Gasteiger partial charge in [-0.15, -0.1) is 0 Å². The molecule has 0 atom stereocenters. The van der Waals surface area contributed by atoms with E-state index in [0.717, 1.165) is 11.1 Å². The van der Waals surface area contributed by atoms with E-state index >= 15 is 0 Å². The number of aromatic nitrogens is 2. The number of pyridine rings is 1. The van der Waals surface area contributed by atoms with E-state index in [1.165, 1.54) is 10.6 Å². The summed E-state index contributed by atoms with van der Waals surface area (Å²) in [6.07, 6.45) is 3.66. The van der Waals surface area contributed by atoms with E-state index in [9.17, 15) is 9.59 Å². The van der Waals surface area contributed by atoms with Crippen molar-refractivity contribution >= 4 is 11.6 Å². The smallest absolute Gasteiger partial charge is 0.270 e. The first-order valence-electron chi connectivity index (χ1n) is 8.62. The summed E-state index contributed by atoms with van der Waals surface area (Å²) in [7, 11) is 3.18. The molecule has 0 saturated heterocycles. The van der Waals surface area contributed by atoms with Crippen LogP contribution in [0, 0.1) is 0 Å². The van der Waals surface area contributed by atoms with Crippen LogP contribution in [0.3, 0.4) is 0 Å². The summed E-state index contributed by atoms with van der Waals surface area (Å²) in [6, 6.07) is 9.10. The minimum atomic E-state index is -0.358. The Balaban J connectivity index is 1.67. The van der Waals surface area contributed by atoms with Gasteiger partial charge in [-0.1, -0.05) is 6.07 Å². The molecule has 0 fully saturated rings. The molecule has 0 radical (unpaired) electrons. The van der Waals surface area contributed by atoms with Gasteiger partial charge in [-0.25, -0.2) is 4.98 Å². The van der Waals surface area contributed by atoms with Crippen molar-refractivity contribution < 1.29 is 14.3 Å². The van der Waals surface area contributed by atoms with E-state index in [0.29, 0.717) is 36.7 Å². The summed E-state index contributed by atoms with van der Waals surface area (Å²) in [4.78, 5) is 31.5. The van der Waals surface area contributed by atoms with E-state index in [4.69, 9.17) is 9.47 Å². The molecule has 7 nitrogen and oxygen atoms in total. The number of fused-ring (bicyclic) bond motifs is 2. The maximum Gasteiger partial charge on any atom is 0.270 e. The van der Waals surface area contributed by atoms with Gasteiger partial charge in [-0.3, -0.25) is 14.0 Å². The first kappa shape index (κ1) is 17.1. The van der Waals surface area contributed by atoms with Crippen LogP contribution in [0.1, 0.15) is 21.5 Å². The van der Waals surface area contributed by atoms with Crippen molar-refractivity contribution in [2.45, 2.75) is 13.0 Å². The molecule has 0 bridgehead atoms. The number of nitrogens with zero attached hydrogens (tertiary/aromatic N) is 3. The Labute approximate surface area is 155 Å². The fraction of sp³-hybridized carbons (Fsp3) is 0.250. The van der Waals surface area contributed by atoms with E-state index in [1.54, 1.807) is 43.5 Å². The summed E-state index contributed by atoms with van der Waals surface area (Å²) in [5, 5.41) is 0. The average molecular weight is 365 g/mol. The van der Waals surface area contributed by atoms with Crippen molar-refractivity contribution in [2.75, 3.05) is 20.8 Å². The summed E-state index contributed by atoms with van der Waals surface area (Å²) in [5.74, 6) is 0.983. The van der Waals surface area contributed by atoms with Crippen LogP contribution < -0.4 is 15.0 Å².